The lowest BCUT2D eigenvalue weighted by atomic mass is 10.2. The fourth-order valence-corrected chi connectivity index (χ4v) is 1.54. The number of halogens is 1. The molecule has 2 heterocycles. The van der Waals surface area contributed by atoms with Gasteiger partial charge in [-0.3, -0.25) is 0 Å². The highest BCUT2D eigenvalue weighted by atomic mass is 35.5. The average molecular weight is 214 g/mol. The van der Waals surface area contributed by atoms with Gasteiger partial charge in [0.15, 0.2) is 0 Å². The molecule has 0 aromatic carbocycles. The van der Waals surface area contributed by atoms with Crippen LogP contribution in [0.3, 0.4) is 0 Å². The molecular formula is C10H12ClNO2. The molecule has 0 spiro atoms. The van der Waals surface area contributed by atoms with E-state index in [9.17, 15) is 0 Å². The summed E-state index contributed by atoms with van der Waals surface area (Å²) in [7, 11) is 0. The number of hydrogen-bond acceptors (Lipinski definition) is 3. The Hall–Kier alpha value is -0.800. The third-order valence-electron chi connectivity index (χ3n) is 2.12. The van der Waals surface area contributed by atoms with Crippen LogP contribution in [0, 0.1) is 0 Å². The highest BCUT2D eigenvalue weighted by Gasteiger charge is 2.15. The number of aromatic nitrogens is 1. The van der Waals surface area contributed by atoms with Gasteiger partial charge in [0.25, 0.3) is 0 Å². The normalized spacial score (nSPS) is 21.9. The zero-order valence-corrected chi connectivity index (χ0v) is 8.54. The van der Waals surface area contributed by atoms with Crippen LogP contribution in [0.25, 0.3) is 0 Å². The number of ether oxygens (including phenoxy) is 2. The molecule has 3 nitrogen and oxygen atoms in total. The number of nitrogens with zero attached hydrogens (tertiary/aromatic N) is 1. The van der Waals surface area contributed by atoms with E-state index in [4.69, 9.17) is 21.1 Å². The van der Waals surface area contributed by atoms with Crippen LogP contribution in [0.4, 0.5) is 0 Å². The minimum atomic E-state index is 0.159. The van der Waals surface area contributed by atoms with Gasteiger partial charge in [0, 0.05) is 6.61 Å². The lowest BCUT2D eigenvalue weighted by Gasteiger charge is -2.22. The van der Waals surface area contributed by atoms with Crippen molar-refractivity contribution in [2.24, 2.45) is 0 Å². The SMILES string of the molecule is Clc1ccc(OC2CCCOC2)cn1. The zero-order valence-electron chi connectivity index (χ0n) is 7.78. The summed E-state index contributed by atoms with van der Waals surface area (Å²) in [6, 6.07) is 3.55. The Kier molecular flexibility index (Phi) is 3.22. The first-order valence-electron chi connectivity index (χ1n) is 4.70. The van der Waals surface area contributed by atoms with E-state index in [-0.39, 0.29) is 6.10 Å². The van der Waals surface area contributed by atoms with Gasteiger partial charge in [-0.1, -0.05) is 11.6 Å². The lowest BCUT2D eigenvalue weighted by molar-refractivity contribution is 0.00728. The van der Waals surface area contributed by atoms with Crippen LogP contribution >= 0.6 is 11.6 Å². The number of hydrogen-bond donors (Lipinski definition) is 0. The first-order valence-corrected chi connectivity index (χ1v) is 5.08. The fourth-order valence-electron chi connectivity index (χ4n) is 1.43. The molecule has 1 aromatic heterocycles. The molecule has 0 bridgehead atoms. The van der Waals surface area contributed by atoms with E-state index in [1.807, 2.05) is 6.07 Å². The van der Waals surface area contributed by atoms with Crippen molar-refractivity contribution in [1.82, 2.24) is 4.98 Å². The van der Waals surface area contributed by atoms with Gasteiger partial charge in [-0.25, -0.2) is 4.98 Å². The van der Waals surface area contributed by atoms with Gasteiger partial charge < -0.3 is 9.47 Å². The molecule has 0 N–H and O–H groups in total. The van der Waals surface area contributed by atoms with Crippen LogP contribution in [0.15, 0.2) is 18.3 Å². The van der Waals surface area contributed by atoms with Crippen molar-refractivity contribution in [1.29, 1.82) is 0 Å². The predicted molar refractivity (Wildman–Crippen MR) is 53.7 cm³/mol. The summed E-state index contributed by atoms with van der Waals surface area (Å²) < 4.78 is 11.0. The molecule has 4 heteroatoms. The van der Waals surface area contributed by atoms with Gasteiger partial charge in [0.2, 0.25) is 0 Å². The number of pyridine rings is 1. The lowest BCUT2D eigenvalue weighted by Crippen LogP contribution is -2.27. The van der Waals surface area contributed by atoms with E-state index in [2.05, 4.69) is 4.98 Å². The van der Waals surface area contributed by atoms with Crippen molar-refractivity contribution >= 4 is 11.6 Å². The highest BCUT2D eigenvalue weighted by molar-refractivity contribution is 6.29. The van der Waals surface area contributed by atoms with Gasteiger partial charge in [0.1, 0.15) is 17.0 Å². The molecule has 2 rings (SSSR count). The molecule has 1 unspecified atom stereocenters. The molecule has 76 valence electrons. The zero-order chi connectivity index (χ0) is 9.80. The van der Waals surface area contributed by atoms with Crippen LogP contribution in [-0.4, -0.2) is 24.3 Å². The van der Waals surface area contributed by atoms with Crippen molar-refractivity contribution in [3.05, 3.63) is 23.5 Å². The quantitative estimate of drug-likeness (QED) is 0.707. The van der Waals surface area contributed by atoms with Crippen LogP contribution in [0.1, 0.15) is 12.8 Å². The third kappa shape index (κ3) is 2.59. The molecule has 1 aromatic rings. The average Bonchev–Trinajstić information content (AvgIpc) is 2.23. The standard InChI is InChI=1S/C10H12ClNO2/c11-10-4-3-8(6-12-10)14-9-2-1-5-13-7-9/h3-4,6,9H,1-2,5,7H2. The molecule has 0 radical (unpaired) electrons. The topological polar surface area (TPSA) is 31.4 Å². The van der Waals surface area contributed by atoms with Crippen molar-refractivity contribution in [2.75, 3.05) is 13.2 Å². The first-order chi connectivity index (χ1) is 6.84. The summed E-state index contributed by atoms with van der Waals surface area (Å²) in [5.41, 5.74) is 0. The molecule has 0 amide bonds. The molecule has 1 atom stereocenters. The monoisotopic (exact) mass is 213 g/mol. The Labute approximate surface area is 88.0 Å². The number of rotatable bonds is 2. The third-order valence-corrected chi connectivity index (χ3v) is 2.35. The van der Waals surface area contributed by atoms with Gasteiger partial charge in [0.05, 0.1) is 12.8 Å². The van der Waals surface area contributed by atoms with Crippen molar-refractivity contribution < 1.29 is 9.47 Å². The maximum Gasteiger partial charge on any atom is 0.138 e. The molecule has 14 heavy (non-hydrogen) atoms. The summed E-state index contributed by atoms with van der Waals surface area (Å²) in [5, 5.41) is 0.484. The van der Waals surface area contributed by atoms with Crippen molar-refractivity contribution in [3.63, 3.8) is 0 Å². The van der Waals surface area contributed by atoms with Crippen LogP contribution in [0.5, 0.6) is 5.75 Å². The second-order valence-electron chi connectivity index (χ2n) is 3.27. The van der Waals surface area contributed by atoms with E-state index in [1.54, 1.807) is 12.3 Å². The molecule has 1 saturated heterocycles. The van der Waals surface area contributed by atoms with E-state index in [0.29, 0.717) is 11.8 Å². The van der Waals surface area contributed by atoms with E-state index < -0.39 is 0 Å². The van der Waals surface area contributed by atoms with E-state index >= 15 is 0 Å². The van der Waals surface area contributed by atoms with E-state index in [0.717, 1.165) is 25.2 Å². The fraction of sp³-hybridized carbons (Fsp3) is 0.500. The summed E-state index contributed by atoms with van der Waals surface area (Å²) >= 11 is 5.66. The van der Waals surface area contributed by atoms with Gasteiger partial charge >= 0.3 is 0 Å². The van der Waals surface area contributed by atoms with Gasteiger partial charge in [-0.15, -0.1) is 0 Å². The van der Waals surface area contributed by atoms with Gasteiger partial charge in [-0.2, -0.15) is 0 Å². The van der Waals surface area contributed by atoms with Crippen LogP contribution in [-0.2, 0) is 4.74 Å². The molecule has 1 aliphatic heterocycles. The smallest absolute Gasteiger partial charge is 0.138 e. The van der Waals surface area contributed by atoms with Crippen molar-refractivity contribution in [2.45, 2.75) is 18.9 Å². The molecule has 0 aliphatic carbocycles. The molecule has 1 fully saturated rings. The molecule has 1 aliphatic rings. The summed E-state index contributed by atoms with van der Waals surface area (Å²) in [4.78, 5) is 3.94. The van der Waals surface area contributed by atoms with Crippen LogP contribution in [0.2, 0.25) is 5.15 Å². The molecule has 0 saturated carbocycles. The minimum Gasteiger partial charge on any atom is -0.486 e. The Morgan fingerprint density at radius 2 is 2.43 bits per heavy atom. The second kappa shape index (κ2) is 4.62. The first kappa shape index (κ1) is 9.74. The second-order valence-corrected chi connectivity index (χ2v) is 3.66. The summed E-state index contributed by atoms with van der Waals surface area (Å²) in [6.45, 7) is 1.52. The van der Waals surface area contributed by atoms with Gasteiger partial charge in [-0.05, 0) is 25.0 Å². The Balaban J connectivity index is 1.92. The van der Waals surface area contributed by atoms with E-state index in [1.165, 1.54) is 0 Å². The Morgan fingerprint density at radius 3 is 3.07 bits per heavy atom. The van der Waals surface area contributed by atoms with Crippen molar-refractivity contribution in [3.8, 4) is 5.75 Å². The molecular weight excluding hydrogens is 202 g/mol. The maximum atomic E-state index is 5.66. The largest absolute Gasteiger partial charge is 0.486 e. The Morgan fingerprint density at radius 1 is 1.50 bits per heavy atom. The highest BCUT2D eigenvalue weighted by Crippen LogP contribution is 2.17. The summed E-state index contributed by atoms with van der Waals surface area (Å²) in [5.74, 6) is 0.755. The Bertz CT molecular complexity index is 283. The minimum absolute atomic E-state index is 0.159. The predicted octanol–water partition coefficient (Wildman–Crippen LogP) is 2.29. The van der Waals surface area contributed by atoms with Crippen LogP contribution < -0.4 is 4.74 Å². The maximum absolute atomic E-state index is 5.66. The summed E-state index contributed by atoms with van der Waals surface area (Å²) in [6.07, 6.45) is 3.90.